The number of aromatic amines is 1. The van der Waals surface area contributed by atoms with Crippen molar-refractivity contribution >= 4 is 22.5 Å². The zero-order valence-electron chi connectivity index (χ0n) is 10.5. The minimum absolute atomic E-state index is 0.0701. The van der Waals surface area contributed by atoms with Gasteiger partial charge in [0.15, 0.2) is 5.43 Å². The van der Waals surface area contributed by atoms with E-state index in [2.05, 4.69) is 15.3 Å². The Balaban J connectivity index is 1.91. The molecule has 98 valence electrons. The van der Waals surface area contributed by atoms with Crippen molar-refractivity contribution in [2.45, 2.75) is 0 Å². The fourth-order valence-corrected chi connectivity index (χ4v) is 1.93. The van der Waals surface area contributed by atoms with E-state index in [9.17, 15) is 9.59 Å². The molecule has 5 nitrogen and oxygen atoms in total. The highest BCUT2D eigenvalue weighted by Gasteiger charge is 2.10. The van der Waals surface area contributed by atoms with Crippen LogP contribution in [0.1, 0.15) is 10.4 Å². The van der Waals surface area contributed by atoms with E-state index in [0.717, 1.165) is 10.9 Å². The molecule has 0 aliphatic carbocycles. The zero-order valence-corrected chi connectivity index (χ0v) is 10.5. The van der Waals surface area contributed by atoms with Crippen molar-refractivity contribution in [1.29, 1.82) is 0 Å². The molecule has 3 rings (SSSR count). The molecule has 0 unspecified atom stereocenters. The predicted octanol–water partition coefficient (Wildman–Crippen LogP) is 2.18. The van der Waals surface area contributed by atoms with Crippen LogP contribution in [-0.2, 0) is 0 Å². The maximum Gasteiger partial charge on any atom is 0.261 e. The number of H-pyrrole nitrogens is 1. The molecule has 2 aromatic heterocycles. The van der Waals surface area contributed by atoms with Gasteiger partial charge in [0.25, 0.3) is 5.91 Å². The first-order valence-corrected chi connectivity index (χ1v) is 6.07. The minimum atomic E-state index is -0.455. The van der Waals surface area contributed by atoms with Crippen molar-refractivity contribution in [2.24, 2.45) is 0 Å². The molecule has 1 aromatic carbocycles. The normalized spacial score (nSPS) is 10.4. The Morgan fingerprint density at radius 1 is 1.20 bits per heavy atom. The van der Waals surface area contributed by atoms with Crippen molar-refractivity contribution < 1.29 is 4.79 Å². The summed E-state index contributed by atoms with van der Waals surface area (Å²) in [7, 11) is 0. The van der Waals surface area contributed by atoms with Crippen molar-refractivity contribution in [3.05, 3.63) is 70.8 Å². The van der Waals surface area contributed by atoms with Gasteiger partial charge in [-0.2, -0.15) is 0 Å². The molecular formula is C15H11N3O2. The van der Waals surface area contributed by atoms with E-state index in [1.54, 1.807) is 6.20 Å². The molecule has 5 heteroatoms. The Labute approximate surface area is 114 Å². The molecule has 1 amide bonds. The molecule has 20 heavy (non-hydrogen) atoms. The average Bonchev–Trinajstić information content (AvgIpc) is 2.47. The number of carbonyl (C=O) groups is 1. The number of pyridine rings is 2. The van der Waals surface area contributed by atoms with Gasteiger partial charge in [0.1, 0.15) is 5.56 Å². The Kier molecular flexibility index (Phi) is 3.01. The molecule has 0 radical (unpaired) electrons. The number of amides is 1. The summed E-state index contributed by atoms with van der Waals surface area (Å²) in [4.78, 5) is 30.6. The van der Waals surface area contributed by atoms with Crippen LogP contribution in [0.2, 0.25) is 0 Å². The first-order chi connectivity index (χ1) is 9.74. The zero-order chi connectivity index (χ0) is 13.9. The van der Waals surface area contributed by atoms with Crippen LogP contribution >= 0.6 is 0 Å². The van der Waals surface area contributed by atoms with Gasteiger partial charge in [-0.05, 0) is 12.1 Å². The Morgan fingerprint density at radius 3 is 2.90 bits per heavy atom. The fourth-order valence-electron chi connectivity index (χ4n) is 1.93. The van der Waals surface area contributed by atoms with E-state index in [0.29, 0.717) is 5.69 Å². The summed E-state index contributed by atoms with van der Waals surface area (Å²) < 4.78 is 0. The average molecular weight is 265 g/mol. The van der Waals surface area contributed by atoms with Gasteiger partial charge in [-0.25, -0.2) is 0 Å². The first-order valence-electron chi connectivity index (χ1n) is 6.07. The summed E-state index contributed by atoms with van der Waals surface area (Å²) in [6, 6.07) is 10.7. The molecule has 2 N–H and O–H groups in total. The standard InChI is InChI=1S/C15H11N3O2/c19-14-5-6-16-9-12(14)15(20)18-11-7-10-3-1-2-4-13(10)17-8-11/h1-9H,(H,16,19)(H,18,20). The number of rotatable bonds is 2. The van der Waals surface area contributed by atoms with Gasteiger partial charge in [-0.15, -0.1) is 0 Å². The highest BCUT2D eigenvalue weighted by molar-refractivity contribution is 6.04. The van der Waals surface area contributed by atoms with Gasteiger partial charge < -0.3 is 10.3 Å². The van der Waals surface area contributed by atoms with Crippen molar-refractivity contribution in [3.8, 4) is 0 Å². The molecule has 0 aliphatic heterocycles. The quantitative estimate of drug-likeness (QED) is 0.745. The van der Waals surface area contributed by atoms with Crippen LogP contribution in [0.4, 0.5) is 5.69 Å². The summed E-state index contributed by atoms with van der Waals surface area (Å²) in [5, 5.41) is 3.59. The second-order valence-corrected chi connectivity index (χ2v) is 4.29. The summed E-state index contributed by atoms with van der Waals surface area (Å²) >= 11 is 0. The number of aromatic nitrogens is 2. The van der Waals surface area contributed by atoms with Gasteiger partial charge in [0, 0.05) is 23.8 Å². The molecule has 2 heterocycles. The fraction of sp³-hybridized carbons (Fsp3) is 0. The van der Waals surface area contributed by atoms with Crippen LogP contribution in [0.5, 0.6) is 0 Å². The SMILES string of the molecule is O=C(Nc1cnc2ccccc2c1)c1c[nH]ccc1=O. The number of hydrogen-bond acceptors (Lipinski definition) is 3. The Hall–Kier alpha value is -2.95. The summed E-state index contributed by atoms with van der Waals surface area (Å²) in [6.07, 6.45) is 4.43. The van der Waals surface area contributed by atoms with Crippen LogP contribution in [0.25, 0.3) is 10.9 Å². The van der Waals surface area contributed by atoms with Gasteiger partial charge in [0.05, 0.1) is 17.4 Å². The molecule has 0 aliphatic rings. The maximum absolute atomic E-state index is 12.0. The lowest BCUT2D eigenvalue weighted by molar-refractivity contribution is 0.102. The largest absolute Gasteiger partial charge is 0.367 e. The van der Waals surface area contributed by atoms with Crippen molar-refractivity contribution in [2.75, 3.05) is 5.32 Å². The van der Waals surface area contributed by atoms with E-state index in [1.165, 1.54) is 18.5 Å². The maximum atomic E-state index is 12.0. The second-order valence-electron chi connectivity index (χ2n) is 4.29. The van der Waals surface area contributed by atoms with Gasteiger partial charge in [0.2, 0.25) is 0 Å². The lowest BCUT2D eigenvalue weighted by Crippen LogP contribution is -2.20. The summed E-state index contributed by atoms with van der Waals surface area (Å²) in [5.74, 6) is -0.455. The van der Waals surface area contributed by atoms with E-state index in [4.69, 9.17) is 0 Å². The molecule has 0 atom stereocenters. The number of para-hydroxylation sites is 1. The van der Waals surface area contributed by atoms with Crippen LogP contribution in [0.15, 0.2) is 59.8 Å². The van der Waals surface area contributed by atoms with E-state index in [-0.39, 0.29) is 11.0 Å². The van der Waals surface area contributed by atoms with Crippen LogP contribution in [-0.4, -0.2) is 15.9 Å². The first kappa shape index (κ1) is 12.1. The van der Waals surface area contributed by atoms with Gasteiger partial charge >= 0.3 is 0 Å². The molecule has 3 aromatic rings. The van der Waals surface area contributed by atoms with Gasteiger partial charge in [-0.3, -0.25) is 14.6 Å². The van der Waals surface area contributed by atoms with E-state index in [1.807, 2.05) is 30.3 Å². The van der Waals surface area contributed by atoms with E-state index < -0.39 is 5.91 Å². The molecular weight excluding hydrogens is 254 g/mol. The molecule has 0 fully saturated rings. The molecule has 0 bridgehead atoms. The van der Waals surface area contributed by atoms with Crippen LogP contribution in [0.3, 0.4) is 0 Å². The highest BCUT2D eigenvalue weighted by atomic mass is 16.2. The molecule has 0 spiro atoms. The third kappa shape index (κ3) is 2.29. The summed E-state index contributed by atoms with van der Waals surface area (Å²) in [6.45, 7) is 0. The smallest absolute Gasteiger partial charge is 0.261 e. The third-order valence-electron chi connectivity index (χ3n) is 2.92. The minimum Gasteiger partial charge on any atom is -0.367 e. The number of nitrogens with zero attached hydrogens (tertiary/aromatic N) is 1. The van der Waals surface area contributed by atoms with Crippen LogP contribution < -0.4 is 10.7 Å². The monoisotopic (exact) mass is 265 g/mol. The van der Waals surface area contributed by atoms with Gasteiger partial charge in [-0.1, -0.05) is 18.2 Å². The second kappa shape index (κ2) is 4.97. The lowest BCUT2D eigenvalue weighted by atomic mass is 10.2. The topological polar surface area (TPSA) is 74.8 Å². The molecule has 0 saturated heterocycles. The predicted molar refractivity (Wildman–Crippen MR) is 76.8 cm³/mol. The third-order valence-corrected chi connectivity index (χ3v) is 2.92. The number of fused-ring (bicyclic) bond motifs is 1. The lowest BCUT2D eigenvalue weighted by Gasteiger charge is -2.05. The number of anilines is 1. The van der Waals surface area contributed by atoms with E-state index >= 15 is 0 Å². The summed E-state index contributed by atoms with van der Waals surface area (Å²) in [5.41, 5.74) is 1.15. The van der Waals surface area contributed by atoms with Crippen molar-refractivity contribution in [3.63, 3.8) is 0 Å². The number of nitrogens with one attached hydrogen (secondary N) is 2. The molecule has 0 saturated carbocycles. The number of carbonyl (C=O) groups excluding carboxylic acids is 1. The Bertz CT molecular complexity index is 839. The highest BCUT2D eigenvalue weighted by Crippen LogP contribution is 2.16. The number of hydrogen-bond donors (Lipinski definition) is 2. The van der Waals surface area contributed by atoms with Crippen molar-refractivity contribution in [1.82, 2.24) is 9.97 Å². The van der Waals surface area contributed by atoms with Crippen LogP contribution in [0, 0.1) is 0 Å². The Morgan fingerprint density at radius 2 is 2.05 bits per heavy atom. The number of benzene rings is 1.